The molecule has 1 aliphatic heterocycles. The first-order chi connectivity index (χ1) is 8.15. The zero-order chi connectivity index (χ0) is 12.7. The number of carbonyl (C=O) groups is 1. The average molecular weight is 239 g/mol. The number of aliphatic imine (C=N–C) groups is 1. The first-order valence-corrected chi connectivity index (χ1v) is 5.59. The molecule has 0 saturated heterocycles. The molecule has 5 heteroatoms. The summed E-state index contributed by atoms with van der Waals surface area (Å²) in [5, 5.41) is 2.47. The molecule has 1 N–H and O–H groups in total. The van der Waals surface area contributed by atoms with E-state index in [0.717, 1.165) is 12.1 Å². The minimum atomic E-state index is -1.07. The predicted octanol–water partition coefficient (Wildman–Crippen LogP) is 1.61. The smallest absolute Gasteiger partial charge is 0.212 e. The lowest BCUT2D eigenvalue weighted by molar-refractivity contribution is -0.108. The summed E-state index contributed by atoms with van der Waals surface area (Å²) < 4.78 is 13.5. The number of carbonyl (C=O) groups excluding carboxylic acids is 1. The molecule has 0 fully saturated rings. The minimum absolute atomic E-state index is 0.537. The number of hydrogen-bond donors (Lipinski definition) is 1. The van der Waals surface area contributed by atoms with Crippen LogP contribution in [0.25, 0.3) is 0 Å². The van der Waals surface area contributed by atoms with Crippen LogP contribution in [0.15, 0.2) is 28.9 Å². The third-order valence-corrected chi connectivity index (χ3v) is 2.59. The Morgan fingerprint density at radius 1 is 1.76 bits per heavy atom. The van der Waals surface area contributed by atoms with E-state index < -0.39 is 6.30 Å². The highest BCUT2D eigenvalue weighted by molar-refractivity contribution is 5.88. The van der Waals surface area contributed by atoms with E-state index in [4.69, 9.17) is 0 Å². The van der Waals surface area contributed by atoms with Crippen LogP contribution >= 0.6 is 0 Å². The molecule has 4 nitrogen and oxygen atoms in total. The molecular formula is C12H18FN3O. The van der Waals surface area contributed by atoms with Crippen LogP contribution in [-0.4, -0.2) is 37.0 Å². The number of likely N-dealkylation sites (N-methyl/N-ethyl adjacent to an activating group) is 1. The number of rotatable bonds is 4. The Morgan fingerprint density at radius 3 is 3.24 bits per heavy atom. The van der Waals surface area contributed by atoms with Gasteiger partial charge in [-0.3, -0.25) is 9.79 Å². The third kappa shape index (κ3) is 4.38. The first kappa shape index (κ1) is 13.4. The Balaban J connectivity index is 2.48. The second-order valence-electron chi connectivity index (χ2n) is 3.82. The Bertz CT molecular complexity index is 350. The second-order valence-corrected chi connectivity index (χ2v) is 3.82. The van der Waals surface area contributed by atoms with Gasteiger partial charge in [0, 0.05) is 25.7 Å². The van der Waals surface area contributed by atoms with Gasteiger partial charge in [-0.05, 0) is 19.4 Å². The van der Waals surface area contributed by atoms with Gasteiger partial charge in [0.05, 0.1) is 5.84 Å². The van der Waals surface area contributed by atoms with Gasteiger partial charge in [0.1, 0.15) is 0 Å². The molecule has 1 heterocycles. The predicted molar refractivity (Wildman–Crippen MR) is 66.3 cm³/mol. The number of halogens is 1. The number of hydrogen-bond acceptors (Lipinski definition) is 3. The number of alkyl halides is 1. The van der Waals surface area contributed by atoms with Gasteiger partial charge in [-0.25, -0.2) is 4.39 Å². The number of amides is 1. The fraction of sp³-hybridized carbons (Fsp3) is 0.500. The van der Waals surface area contributed by atoms with Crippen molar-refractivity contribution in [2.24, 2.45) is 4.99 Å². The highest BCUT2D eigenvalue weighted by Crippen LogP contribution is 2.17. The fourth-order valence-corrected chi connectivity index (χ4v) is 1.57. The molecule has 0 aliphatic carbocycles. The van der Waals surface area contributed by atoms with Crippen LogP contribution in [-0.2, 0) is 4.79 Å². The van der Waals surface area contributed by atoms with Gasteiger partial charge in [-0.1, -0.05) is 12.2 Å². The molecule has 1 aliphatic rings. The van der Waals surface area contributed by atoms with E-state index in [1.165, 1.54) is 0 Å². The minimum Gasteiger partial charge on any atom is -0.346 e. The molecule has 1 unspecified atom stereocenters. The summed E-state index contributed by atoms with van der Waals surface area (Å²) in [5.41, 5.74) is 0.935. The van der Waals surface area contributed by atoms with E-state index >= 15 is 0 Å². The second kappa shape index (κ2) is 6.83. The summed E-state index contributed by atoms with van der Waals surface area (Å²) in [5.74, 6) is 0.576. The molecule has 0 aromatic heterocycles. The van der Waals surface area contributed by atoms with Gasteiger partial charge < -0.3 is 10.2 Å². The number of amidine groups is 1. The molecule has 1 amide bonds. The molecule has 0 radical (unpaired) electrons. The van der Waals surface area contributed by atoms with Crippen molar-refractivity contribution in [2.45, 2.75) is 26.1 Å². The van der Waals surface area contributed by atoms with Gasteiger partial charge in [0.2, 0.25) is 6.41 Å². The monoisotopic (exact) mass is 239 g/mol. The van der Waals surface area contributed by atoms with E-state index in [0.29, 0.717) is 25.2 Å². The van der Waals surface area contributed by atoms with Crippen molar-refractivity contribution in [1.29, 1.82) is 0 Å². The molecule has 0 bridgehead atoms. The maximum atomic E-state index is 13.5. The summed E-state index contributed by atoms with van der Waals surface area (Å²) in [6.07, 6.45) is 6.29. The third-order valence-electron chi connectivity index (χ3n) is 2.59. The van der Waals surface area contributed by atoms with Crippen molar-refractivity contribution in [2.75, 3.05) is 13.6 Å². The summed E-state index contributed by atoms with van der Waals surface area (Å²) in [4.78, 5) is 15.9. The number of nitrogens with zero attached hydrogens (tertiary/aromatic N) is 2. The van der Waals surface area contributed by atoms with Crippen LogP contribution in [0.4, 0.5) is 4.39 Å². The van der Waals surface area contributed by atoms with Crippen molar-refractivity contribution in [3.63, 3.8) is 0 Å². The van der Waals surface area contributed by atoms with Crippen molar-refractivity contribution in [3.8, 4) is 0 Å². The van der Waals surface area contributed by atoms with E-state index in [1.54, 1.807) is 24.9 Å². The van der Waals surface area contributed by atoms with Crippen molar-refractivity contribution >= 4 is 12.2 Å². The van der Waals surface area contributed by atoms with Gasteiger partial charge in [-0.15, -0.1) is 0 Å². The molecule has 0 spiro atoms. The Kier molecular flexibility index (Phi) is 5.39. The van der Waals surface area contributed by atoms with E-state index in [1.807, 2.05) is 12.2 Å². The normalized spacial score (nSPS) is 20.9. The Labute approximate surface area is 101 Å². The van der Waals surface area contributed by atoms with E-state index in [9.17, 15) is 9.18 Å². The van der Waals surface area contributed by atoms with Gasteiger partial charge in [0.25, 0.3) is 0 Å². The largest absolute Gasteiger partial charge is 0.346 e. The molecular weight excluding hydrogens is 221 g/mol. The molecule has 1 rings (SSSR count). The average Bonchev–Trinajstić information content (AvgIpc) is 2.45. The summed E-state index contributed by atoms with van der Waals surface area (Å²) >= 11 is 0. The van der Waals surface area contributed by atoms with Gasteiger partial charge in [-0.2, -0.15) is 0 Å². The standard InChI is InChI=1S/C12H18FN3O/c1-10(15-9-17)14-8-7-11-5-3-4-6-12(13)16(11)2/h4-6,9,12H,3,7-8H2,1-2H3,(H,14,15,17). The molecule has 17 heavy (non-hydrogen) atoms. The van der Waals surface area contributed by atoms with E-state index in [2.05, 4.69) is 10.3 Å². The molecule has 94 valence electrons. The quantitative estimate of drug-likeness (QED) is 0.266. The molecule has 0 aromatic carbocycles. The van der Waals surface area contributed by atoms with E-state index in [-0.39, 0.29) is 0 Å². The lowest BCUT2D eigenvalue weighted by Crippen LogP contribution is -2.25. The zero-order valence-corrected chi connectivity index (χ0v) is 10.2. The van der Waals surface area contributed by atoms with Crippen LogP contribution < -0.4 is 5.32 Å². The zero-order valence-electron chi connectivity index (χ0n) is 10.2. The van der Waals surface area contributed by atoms with Crippen LogP contribution in [0.1, 0.15) is 19.8 Å². The molecule has 0 aromatic rings. The Hall–Kier alpha value is -1.65. The number of allylic oxidation sites excluding steroid dienone is 2. The summed E-state index contributed by atoms with van der Waals surface area (Å²) in [7, 11) is 1.73. The lowest BCUT2D eigenvalue weighted by atomic mass is 10.2. The molecule has 0 saturated carbocycles. The highest BCUT2D eigenvalue weighted by Gasteiger charge is 2.14. The first-order valence-electron chi connectivity index (χ1n) is 5.59. The highest BCUT2D eigenvalue weighted by atomic mass is 19.1. The van der Waals surface area contributed by atoms with Crippen LogP contribution in [0.2, 0.25) is 0 Å². The Morgan fingerprint density at radius 2 is 2.53 bits per heavy atom. The molecule has 1 atom stereocenters. The summed E-state index contributed by atoms with van der Waals surface area (Å²) in [6, 6.07) is 0. The fourth-order valence-electron chi connectivity index (χ4n) is 1.57. The maximum absolute atomic E-state index is 13.5. The van der Waals surface area contributed by atoms with Gasteiger partial charge in [0.15, 0.2) is 6.30 Å². The van der Waals surface area contributed by atoms with Crippen molar-refractivity contribution in [3.05, 3.63) is 23.9 Å². The lowest BCUT2D eigenvalue weighted by Gasteiger charge is -2.23. The van der Waals surface area contributed by atoms with Gasteiger partial charge >= 0.3 is 0 Å². The summed E-state index contributed by atoms with van der Waals surface area (Å²) in [6.45, 7) is 2.26. The van der Waals surface area contributed by atoms with Crippen molar-refractivity contribution in [1.82, 2.24) is 10.2 Å². The van der Waals surface area contributed by atoms with Crippen LogP contribution in [0.3, 0.4) is 0 Å². The topological polar surface area (TPSA) is 44.7 Å². The van der Waals surface area contributed by atoms with Crippen molar-refractivity contribution < 1.29 is 9.18 Å². The van der Waals surface area contributed by atoms with Crippen LogP contribution in [0.5, 0.6) is 0 Å². The number of nitrogens with one attached hydrogen (secondary N) is 1. The maximum Gasteiger partial charge on any atom is 0.212 e. The SMILES string of the molecule is CC(=NCCC1=CCC=CC(F)N1C)NC=O. The van der Waals surface area contributed by atoms with Crippen LogP contribution in [0, 0.1) is 0 Å².